The van der Waals surface area contributed by atoms with Crippen LogP contribution in [-0.2, 0) is 6.54 Å². The van der Waals surface area contributed by atoms with Crippen LogP contribution in [-0.4, -0.2) is 9.97 Å². The number of aryl methyl sites for hydroxylation is 1. The van der Waals surface area contributed by atoms with Crippen LogP contribution in [0.5, 0.6) is 0 Å². The molecule has 2 aromatic heterocycles. The third kappa shape index (κ3) is 1.99. The molecular weight excluding hydrogens is 218 g/mol. The van der Waals surface area contributed by atoms with Crippen molar-refractivity contribution in [3.05, 3.63) is 42.4 Å². The molecule has 0 radical (unpaired) electrons. The van der Waals surface area contributed by atoms with Gasteiger partial charge in [0.15, 0.2) is 17.9 Å². The van der Waals surface area contributed by atoms with E-state index in [0.29, 0.717) is 12.4 Å². The summed E-state index contributed by atoms with van der Waals surface area (Å²) in [5, 5.41) is 3.23. The Kier molecular flexibility index (Phi) is 2.29. The van der Waals surface area contributed by atoms with E-state index in [1.54, 1.807) is 6.20 Å². The van der Waals surface area contributed by atoms with Gasteiger partial charge in [-0.2, -0.15) is 0 Å². The van der Waals surface area contributed by atoms with E-state index in [1.807, 2.05) is 25.1 Å². The third-order valence-electron chi connectivity index (χ3n) is 2.44. The number of fused-ring (bicyclic) bond motifs is 1. The molecule has 0 saturated heterocycles. The molecule has 0 aliphatic rings. The number of nitrogens with zero attached hydrogens (tertiary/aromatic N) is 2. The Hall–Kier alpha value is -2.30. The molecule has 0 aliphatic heterocycles. The molecule has 1 N–H and O–H groups in total. The summed E-state index contributed by atoms with van der Waals surface area (Å²) in [6, 6.07) is 5.80. The lowest BCUT2D eigenvalue weighted by Crippen LogP contribution is -1.97. The Morgan fingerprint density at radius 1 is 1.35 bits per heavy atom. The molecule has 3 rings (SSSR count). The predicted molar refractivity (Wildman–Crippen MR) is 62.6 cm³/mol. The summed E-state index contributed by atoms with van der Waals surface area (Å²) in [5.41, 5.74) is 2.62. The molecule has 0 saturated carbocycles. The van der Waals surface area contributed by atoms with E-state index >= 15 is 0 Å². The van der Waals surface area contributed by atoms with Crippen molar-refractivity contribution in [1.82, 2.24) is 9.97 Å². The van der Waals surface area contributed by atoms with Crippen molar-refractivity contribution >= 4 is 16.8 Å². The van der Waals surface area contributed by atoms with Crippen LogP contribution in [0.4, 0.5) is 5.69 Å². The summed E-state index contributed by atoms with van der Waals surface area (Å²) in [6.45, 7) is 2.43. The summed E-state index contributed by atoms with van der Waals surface area (Å²) in [5.74, 6) is 1.47. The fourth-order valence-electron chi connectivity index (χ4n) is 1.67. The van der Waals surface area contributed by atoms with Gasteiger partial charge in [0.25, 0.3) is 0 Å². The van der Waals surface area contributed by atoms with Gasteiger partial charge in [0.1, 0.15) is 11.3 Å². The molecule has 0 unspecified atom stereocenters. The second kappa shape index (κ2) is 3.93. The second-order valence-corrected chi connectivity index (χ2v) is 3.74. The van der Waals surface area contributed by atoms with Crippen molar-refractivity contribution < 1.29 is 8.83 Å². The van der Waals surface area contributed by atoms with Crippen molar-refractivity contribution in [2.45, 2.75) is 13.5 Å². The smallest absolute Gasteiger partial charge is 0.192 e. The number of oxazole rings is 2. The zero-order chi connectivity index (χ0) is 11.7. The highest BCUT2D eigenvalue weighted by molar-refractivity contribution is 5.77. The quantitative estimate of drug-likeness (QED) is 0.748. The third-order valence-corrected chi connectivity index (χ3v) is 2.44. The largest absolute Gasteiger partial charge is 0.447 e. The first-order chi connectivity index (χ1) is 8.31. The monoisotopic (exact) mass is 229 g/mol. The van der Waals surface area contributed by atoms with Crippen LogP contribution in [0.25, 0.3) is 11.1 Å². The van der Waals surface area contributed by atoms with Crippen LogP contribution >= 0.6 is 0 Å². The molecule has 0 spiro atoms. The minimum absolute atomic E-state index is 0.600. The van der Waals surface area contributed by atoms with Crippen molar-refractivity contribution in [2.24, 2.45) is 0 Å². The molecule has 17 heavy (non-hydrogen) atoms. The van der Waals surface area contributed by atoms with Crippen molar-refractivity contribution in [1.29, 1.82) is 0 Å². The van der Waals surface area contributed by atoms with Gasteiger partial charge in [-0.05, 0) is 18.2 Å². The van der Waals surface area contributed by atoms with E-state index in [1.165, 1.54) is 6.39 Å². The Balaban J connectivity index is 1.81. The van der Waals surface area contributed by atoms with Crippen LogP contribution < -0.4 is 5.32 Å². The van der Waals surface area contributed by atoms with E-state index in [9.17, 15) is 0 Å². The maximum absolute atomic E-state index is 5.41. The first kappa shape index (κ1) is 9.89. The average Bonchev–Trinajstić information content (AvgIpc) is 2.92. The molecule has 0 atom stereocenters. The van der Waals surface area contributed by atoms with Crippen molar-refractivity contribution in [3.8, 4) is 0 Å². The van der Waals surface area contributed by atoms with E-state index in [0.717, 1.165) is 22.5 Å². The molecule has 0 aliphatic carbocycles. The summed E-state index contributed by atoms with van der Waals surface area (Å²) >= 11 is 0. The summed E-state index contributed by atoms with van der Waals surface area (Å²) in [6.07, 6.45) is 3.10. The number of anilines is 1. The maximum atomic E-state index is 5.41. The first-order valence-corrected chi connectivity index (χ1v) is 5.30. The zero-order valence-electron chi connectivity index (χ0n) is 9.30. The van der Waals surface area contributed by atoms with Gasteiger partial charge in [-0.3, -0.25) is 0 Å². The van der Waals surface area contributed by atoms with Gasteiger partial charge >= 0.3 is 0 Å². The molecule has 86 valence electrons. The van der Waals surface area contributed by atoms with Gasteiger partial charge in [-0.25, -0.2) is 9.97 Å². The van der Waals surface area contributed by atoms with Crippen LogP contribution in [0.2, 0.25) is 0 Å². The Bertz CT molecular complexity index is 628. The van der Waals surface area contributed by atoms with E-state index in [4.69, 9.17) is 8.83 Å². The number of hydrogen-bond donors (Lipinski definition) is 1. The topological polar surface area (TPSA) is 64.1 Å². The summed E-state index contributed by atoms with van der Waals surface area (Å²) in [7, 11) is 0. The Labute approximate surface area is 97.5 Å². The number of hydrogen-bond acceptors (Lipinski definition) is 5. The van der Waals surface area contributed by atoms with Crippen LogP contribution in [0.1, 0.15) is 11.7 Å². The molecule has 0 bridgehead atoms. The fourth-order valence-corrected chi connectivity index (χ4v) is 1.67. The fraction of sp³-hybridized carbons (Fsp3) is 0.167. The minimum Gasteiger partial charge on any atom is -0.447 e. The molecule has 0 fully saturated rings. The number of nitrogens with one attached hydrogen (secondary N) is 1. The standard InChI is InChI=1S/C12H11N3O2/c1-8-15-11-4-9(2-3-12(11)17-8)14-6-10-5-13-7-16-10/h2-5,7,14H,6H2,1H3. The lowest BCUT2D eigenvalue weighted by molar-refractivity contribution is 0.512. The molecule has 0 amide bonds. The highest BCUT2D eigenvalue weighted by atomic mass is 16.3. The summed E-state index contributed by atoms with van der Waals surface area (Å²) < 4.78 is 10.5. The van der Waals surface area contributed by atoms with Crippen LogP contribution in [0.15, 0.2) is 39.6 Å². The first-order valence-electron chi connectivity index (χ1n) is 5.30. The number of aromatic nitrogens is 2. The number of rotatable bonds is 3. The predicted octanol–water partition coefficient (Wildman–Crippen LogP) is 2.74. The number of benzene rings is 1. The summed E-state index contributed by atoms with van der Waals surface area (Å²) in [4.78, 5) is 8.13. The van der Waals surface area contributed by atoms with Gasteiger partial charge in [0, 0.05) is 12.6 Å². The molecule has 3 aromatic rings. The minimum atomic E-state index is 0.600. The van der Waals surface area contributed by atoms with Crippen LogP contribution in [0, 0.1) is 6.92 Å². The van der Waals surface area contributed by atoms with Gasteiger partial charge in [0.05, 0.1) is 12.7 Å². The maximum Gasteiger partial charge on any atom is 0.192 e. The van der Waals surface area contributed by atoms with Crippen LogP contribution in [0.3, 0.4) is 0 Å². The van der Waals surface area contributed by atoms with Gasteiger partial charge in [-0.15, -0.1) is 0 Å². The second-order valence-electron chi connectivity index (χ2n) is 3.74. The Morgan fingerprint density at radius 2 is 2.29 bits per heavy atom. The highest BCUT2D eigenvalue weighted by Crippen LogP contribution is 2.20. The SMILES string of the molecule is Cc1nc2cc(NCc3cnco3)ccc2o1. The van der Waals surface area contributed by atoms with Crippen molar-refractivity contribution in [3.63, 3.8) is 0 Å². The van der Waals surface area contributed by atoms with E-state index in [2.05, 4.69) is 15.3 Å². The normalized spacial score (nSPS) is 10.9. The molecule has 5 heteroatoms. The average molecular weight is 229 g/mol. The molecule has 2 heterocycles. The van der Waals surface area contributed by atoms with E-state index in [-0.39, 0.29) is 0 Å². The lowest BCUT2D eigenvalue weighted by Gasteiger charge is -2.02. The zero-order valence-corrected chi connectivity index (χ0v) is 9.30. The lowest BCUT2D eigenvalue weighted by atomic mass is 10.3. The van der Waals surface area contributed by atoms with Gasteiger partial charge in [-0.1, -0.05) is 0 Å². The van der Waals surface area contributed by atoms with Crippen molar-refractivity contribution in [2.75, 3.05) is 5.32 Å². The molecule has 1 aromatic carbocycles. The van der Waals surface area contributed by atoms with Gasteiger partial charge < -0.3 is 14.2 Å². The van der Waals surface area contributed by atoms with Gasteiger partial charge in [0.2, 0.25) is 0 Å². The highest BCUT2D eigenvalue weighted by Gasteiger charge is 2.03. The molecule has 5 nitrogen and oxygen atoms in total. The Morgan fingerprint density at radius 3 is 3.12 bits per heavy atom. The van der Waals surface area contributed by atoms with E-state index < -0.39 is 0 Å². The molecular formula is C12H11N3O2.